The van der Waals surface area contributed by atoms with Crippen LogP contribution in [0.2, 0.25) is 5.02 Å². The second kappa shape index (κ2) is 7.68. The first-order chi connectivity index (χ1) is 11.5. The van der Waals surface area contributed by atoms with E-state index in [4.69, 9.17) is 28.6 Å². The van der Waals surface area contributed by atoms with Crippen molar-refractivity contribution in [1.29, 1.82) is 0 Å². The summed E-state index contributed by atoms with van der Waals surface area (Å²) in [5.74, 6) is 0.125. The van der Waals surface area contributed by atoms with Crippen LogP contribution in [-0.4, -0.2) is 59.7 Å². The maximum absolute atomic E-state index is 12.4. The van der Waals surface area contributed by atoms with E-state index in [1.165, 1.54) is 0 Å². The van der Waals surface area contributed by atoms with Crippen molar-refractivity contribution in [3.05, 3.63) is 28.8 Å². The minimum Gasteiger partial charge on any atom is -0.368 e. The Hall–Kier alpha value is -1.37. The molecule has 2 aliphatic rings. The van der Waals surface area contributed by atoms with Crippen LogP contribution in [-0.2, 0) is 9.53 Å². The molecule has 2 heterocycles. The van der Waals surface area contributed by atoms with E-state index in [0.29, 0.717) is 29.8 Å². The van der Waals surface area contributed by atoms with E-state index in [1.54, 1.807) is 0 Å². The topological polar surface area (TPSA) is 44.8 Å². The van der Waals surface area contributed by atoms with E-state index >= 15 is 0 Å². The molecule has 2 saturated heterocycles. The Kier molecular flexibility index (Phi) is 5.58. The van der Waals surface area contributed by atoms with E-state index in [-0.39, 0.29) is 12.0 Å². The second-order valence-corrected chi connectivity index (χ2v) is 7.03. The first-order valence-electron chi connectivity index (χ1n) is 8.27. The molecule has 1 aromatic carbocycles. The highest BCUT2D eigenvalue weighted by Crippen LogP contribution is 2.21. The van der Waals surface area contributed by atoms with Gasteiger partial charge in [-0.3, -0.25) is 4.79 Å². The van der Waals surface area contributed by atoms with Crippen LogP contribution in [0.4, 0.5) is 5.69 Å². The molecular formula is C17H22ClN3O2S. The molecule has 24 heavy (non-hydrogen) atoms. The lowest BCUT2D eigenvalue weighted by molar-refractivity contribution is -0.142. The number of anilines is 1. The number of amides is 1. The van der Waals surface area contributed by atoms with E-state index in [2.05, 4.69) is 10.2 Å². The van der Waals surface area contributed by atoms with E-state index in [9.17, 15) is 4.79 Å². The van der Waals surface area contributed by atoms with Gasteiger partial charge in [0, 0.05) is 43.5 Å². The summed E-state index contributed by atoms with van der Waals surface area (Å²) in [6, 6.07) is 5.68. The molecule has 0 saturated carbocycles. The van der Waals surface area contributed by atoms with Gasteiger partial charge < -0.3 is 19.9 Å². The van der Waals surface area contributed by atoms with Crippen molar-refractivity contribution < 1.29 is 9.53 Å². The number of piperazine rings is 1. The summed E-state index contributed by atoms with van der Waals surface area (Å²) >= 11 is 11.5. The lowest BCUT2D eigenvalue weighted by Gasteiger charge is -2.37. The van der Waals surface area contributed by atoms with Crippen LogP contribution in [0.15, 0.2) is 18.2 Å². The lowest BCUT2D eigenvalue weighted by atomic mass is 10.2. The van der Waals surface area contributed by atoms with Crippen molar-refractivity contribution in [3.8, 4) is 0 Å². The predicted octanol–water partition coefficient (Wildman–Crippen LogP) is 2.67. The highest BCUT2D eigenvalue weighted by atomic mass is 35.5. The Balaban J connectivity index is 1.52. The molecule has 1 atom stereocenters. The maximum Gasteiger partial charge on any atom is 0.251 e. The Morgan fingerprint density at radius 2 is 2.00 bits per heavy atom. The summed E-state index contributed by atoms with van der Waals surface area (Å²) in [5, 5.41) is 4.67. The zero-order chi connectivity index (χ0) is 17.1. The van der Waals surface area contributed by atoms with Crippen molar-refractivity contribution in [2.24, 2.45) is 0 Å². The fourth-order valence-electron chi connectivity index (χ4n) is 3.07. The lowest BCUT2D eigenvalue weighted by Crippen LogP contribution is -2.53. The zero-order valence-corrected chi connectivity index (χ0v) is 15.3. The molecule has 0 aliphatic carbocycles. The Morgan fingerprint density at radius 3 is 2.62 bits per heavy atom. The highest BCUT2D eigenvalue weighted by Gasteiger charge is 2.30. The van der Waals surface area contributed by atoms with Gasteiger partial charge in [0.1, 0.15) is 6.10 Å². The molecule has 3 rings (SSSR count). The first kappa shape index (κ1) is 17.5. The van der Waals surface area contributed by atoms with Crippen LogP contribution in [0, 0.1) is 6.92 Å². The number of benzene rings is 1. The predicted molar refractivity (Wildman–Crippen MR) is 99.5 cm³/mol. The minimum atomic E-state index is -0.238. The van der Waals surface area contributed by atoms with Crippen LogP contribution < -0.4 is 5.32 Å². The number of thiocarbonyl (C=S) groups is 1. The number of carbonyl (C=O) groups excluding carboxylic acids is 1. The van der Waals surface area contributed by atoms with Crippen molar-refractivity contribution in [3.63, 3.8) is 0 Å². The van der Waals surface area contributed by atoms with E-state index in [1.807, 2.05) is 30.0 Å². The van der Waals surface area contributed by atoms with Gasteiger partial charge in [0.2, 0.25) is 0 Å². The molecule has 0 aromatic heterocycles. The number of hydrogen-bond donors (Lipinski definition) is 1. The number of rotatable bonds is 2. The van der Waals surface area contributed by atoms with Gasteiger partial charge in [-0.1, -0.05) is 11.6 Å². The van der Waals surface area contributed by atoms with Crippen LogP contribution in [0.3, 0.4) is 0 Å². The first-order valence-corrected chi connectivity index (χ1v) is 9.05. The quantitative estimate of drug-likeness (QED) is 0.814. The van der Waals surface area contributed by atoms with Gasteiger partial charge in [-0.15, -0.1) is 0 Å². The summed E-state index contributed by atoms with van der Waals surface area (Å²) in [6.45, 7) is 5.52. The summed E-state index contributed by atoms with van der Waals surface area (Å²) in [6.07, 6.45) is 1.58. The van der Waals surface area contributed by atoms with E-state index in [0.717, 1.165) is 37.2 Å². The second-order valence-electron chi connectivity index (χ2n) is 6.20. The number of aryl methyl sites for hydroxylation is 1. The molecule has 0 unspecified atom stereocenters. The Labute approximate surface area is 152 Å². The third kappa shape index (κ3) is 3.99. The minimum absolute atomic E-state index is 0.125. The number of nitrogens with zero attached hydrogens (tertiary/aromatic N) is 2. The average molecular weight is 368 g/mol. The molecule has 0 radical (unpaired) electrons. The van der Waals surface area contributed by atoms with Gasteiger partial charge in [0.15, 0.2) is 5.11 Å². The average Bonchev–Trinajstić information content (AvgIpc) is 3.11. The third-order valence-corrected chi connectivity index (χ3v) is 5.11. The van der Waals surface area contributed by atoms with Crippen molar-refractivity contribution in [2.75, 3.05) is 38.1 Å². The smallest absolute Gasteiger partial charge is 0.251 e. The Morgan fingerprint density at radius 1 is 1.29 bits per heavy atom. The molecule has 2 fully saturated rings. The molecule has 2 aliphatic heterocycles. The van der Waals surface area contributed by atoms with Crippen molar-refractivity contribution >= 4 is 40.5 Å². The van der Waals surface area contributed by atoms with Gasteiger partial charge in [-0.25, -0.2) is 0 Å². The van der Waals surface area contributed by atoms with Crippen LogP contribution >= 0.6 is 23.8 Å². The largest absolute Gasteiger partial charge is 0.368 e. The molecule has 1 aromatic rings. The highest BCUT2D eigenvalue weighted by molar-refractivity contribution is 7.80. The van der Waals surface area contributed by atoms with Crippen LogP contribution in [0.1, 0.15) is 18.4 Å². The molecule has 1 amide bonds. The van der Waals surface area contributed by atoms with E-state index < -0.39 is 0 Å². The fraction of sp³-hybridized carbons (Fsp3) is 0.529. The molecule has 130 valence electrons. The Bertz CT molecular complexity index is 626. The molecule has 5 nitrogen and oxygen atoms in total. The summed E-state index contributed by atoms with van der Waals surface area (Å²) in [5.41, 5.74) is 2.01. The molecule has 0 spiro atoms. The molecule has 1 N–H and O–H groups in total. The molecular weight excluding hydrogens is 346 g/mol. The summed E-state index contributed by atoms with van der Waals surface area (Å²) < 4.78 is 5.49. The number of ether oxygens (including phenoxy) is 1. The van der Waals surface area contributed by atoms with Gasteiger partial charge in [-0.05, 0) is 55.7 Å². The number of nitrogens with one attached hydrogen (secondary N) is 1. The monoisotopic (exact) mass is 367 g/mol. The summed E-state index contributed by atoms with van der Waals surface area (Å²) in [4.78, 5) is 16.4. The zero-order valence-electron chi connectivity index (χ0n) is 13.8. The van der Waals surface area contributed by atoms with Crippen molar-refractivity contribution in [1.82, 2.24) is 9.80 Å². The normalized spacial score (nSPS) is 21.0. The van der Waals surface area contributed by atoms with Crippen molar-refractivity contribution in [2.45, 2.75) is 25.9 Å². The SMILES string of the molecule is Cc1cc(Cl)ccc1NC(=S)N1CCN(C(=O)[C@@H]2CCCO2)CC1. The third-order valence-electron chi connectivity index (χ3n) is 4.51. The fourth-order valence-corrected chi connectivity index (χ4v) is 3.59. The number of halogens is 1. The number of hydrogen-bond acceptors (Lipinski definition) is 3. The number of carbonyl (C=O) groups is 1. The maximum atomic E-state index is 12.4. The standard InChI is InChI=1S/C17H22ClN3O2S/c1-12-11-13(18)4-5-14(12)19-17(24)21-8-6-20(7-9-21)16(22)15-3-2-10-23-15/h4-5,11,15H,2-3,6-10H2,1H3,(H,19,24)/t15-/m0/s1. The van der Waals surface area contributed by atoms with Crippen LogP contribution in [0.25, 0.3) is 0 Å². The van der Waals surface area contributed by atoms with Crippen LogP contribution in [0.5, 0.6) is 0 Å². The molecule has 7 heteroatoms. The van der Waals surface area contributed by atoms with Gasteiger partial charge >= 0.3 is 0 Å². The van der Waals surface area contributed by atoms with Gasteiger partial charge in [-0.2, -0.15) is 0 Å². The molecule has 0 bridgehead atoms. The summed E-state index contributed by atoms with van der Waals surface area (Å²) in [7, 11) is 0. The van der Waals surface area contributed by atoms with Gasteiger partial charge in [0.25, 0.3) is 5.91 Å². The van der Waals surface area contributed by atoms with Gasteiger partial charge in [0.05, 0.1) is 0 Å².